The molecule has 3 heterocycles. The van der Waals surface area contributed by atoms with Crippen molar-refractivity contribution < 1.29 is 19.2 Å². The Bertz CT molecular complexity index is 1100. The summed E-state index contributed by atoms with van der Waals surface area (Å²) in [5, 5.41) is 10.8. The zero-order valence-electron chi connectivity index (χ0n) is 18.4. The molecule has 1 unspecified atom stereocenters. The van der Waals surface area contributed by atoms with Gasteiger partial charge in [0.25, 0.3) is 5.91 Å². The van der Waals surface area contributed by atoms with Crippen molar-refractivity contribution in [2.75, 3.05) is 25.5 Å². The molecule has 0 bridgehead atoms. The molecule has 0 saturated heterocycles. The summed E-state index contributed by atoms with van der Waals surface area (Å²) in [4.78, 5) is 61.4. The van der Waals surface area contributed by atoms with Crippen LogP contribution in [0.15, 0.2) is 18.3 Å². The summed E-state index contributed by atoms with van der Waals surface area (Å²) >= 11 is 7.05. The molecule has 0 radical (unpaired) electrons. The van der Waals surface area contributed by atoms with Gasteiger partial charge >= 0.3 is 11.8 Å². The molecule has 4 amide bonds. The molecule has 2 aromatic rings. The lowest BCUT2D eigenvalue weighted by atomic mass is 10.2. The van der Waals surface area contributed by atoms with Crippen LogP contribution in [0.25, 0.3) is 0 Å². The maximum atomic E-state index is 12.8. The van der Waals surface area contributed by atoms with E-state index < -0.39 is 29.7 Å². The minimum absolute atomic E-state index is 0.0598. The number of carbonyl (C=O) groups excluding carboxylic acids is 4. The largest absolute Gasteiger partial charge is 0.352 e. The molecular weight excluding hydrogens is 482 g/mol. The van der Waals surface area contributed by atoms with E-state index in [2.05, 4.69) is 36.1 Å². The number of fused-ring (bicyclic) bond motifs is 1. The number of halogens is 1. The highest BCUT2D eigenvalue weighted by Crippen LogP contribution is 2.24. The summed E-state index contributed by atoms with van der Waals surface area (Å²) in [6.45, 7) is 1.32. The summed E-state index contributed by atoms with van der Waals surface area (Å²) in [6, 6.07) is 1.96. The van der Waals surface area contributed by atoms with Gasteiger partial charge in [-0.3, -0.25) is 19.2 Å². The molecule has 1 fully saturated rings. The fraction of sp³-hybridized carbons (Fsp3) is 0.429. The average Bonchev–Trinajstić information content (AvgIpc) is 3.52. The molecule has 2 aromatic heterocycles. The summed E-state index contributed by atoms with van der Waals surface area (Å²) in [5.41, 5.74) is 0.896. The van der Waals surface area contributed by atoms with Gasteiger partial charge in [0.05, 0.1) is 10.7 Å². The Morgan fingerprint density at radius 3 is 2.74 bits per heavy atom. The van der Waals surface area contributed by atoms with Crippen molar-refractivity contribution in [3.63, 3.8) is 0 Å². The number of aromatic nitrogens is 2. The number of nitrogens with one attached hydrogen (secondary N) is 4. The quantitative estimate of drug-likeness (QED) is 0.396. The first-order valence-electron chi connectivity index (χ1n) is 10.8. The van der Waals surface area contributed by atoms with Crippen LogP contribution in [0.1, 0.15) is 33.2 Å². The molecule has 13 heteroatoms. The molecule has 180 valence electrons. The first-order chi connectivity index (χ1) is 16.3. The maximum absolute atomic E-state index is 12.8. The monoisotopic (exact) mass is 505 g/mol. The second kappa shape index (κ2) is 10.5. The topological polar surface area (TPSA) is 145 Å². The number of likely N-dealkylation sites (N-methyl/N-ethyl adjacent to an activating group) is 1. The first-order valence-corrected chi connectivity index (χ1v) is 12.0. The Hall–Kier alpha value is -3.09. The van der Waals surface area contributed by atoms with Crippen molar-refractivity contribution in [3.8, 4) is 0 Å². The van der Waals surface area contributed by atoms with Gasteiger partial charge in [0.1, 0.15) is 11.9 Å². The van der Waals surface area contributed by atoms with Crippen molar-refractivity contribution in [2.24, 2.45) is 0 Å². The summed E-state index contributed by atoms with van der Waals surface area (Å²) in [7, 11) is 2.00. The zero-order chi connectivity index (χ0) is 24.2. The summed E-state index contributed by atoms with van der Waals surface area (Å²) in [6.07, 6.45) is 3.82. The van der Waals surface area contributed by atoms with Crippen LogP contribution in [0, 0.1) is 0 Å². The van der Waals surface area contributed by atoms with Gasteiger partial charge in [0.15, 0.2) is 5.01 Å². The van der Waals surface area contributed by atoms with Crippen molar-refractivity contribution in [3.05, 3.63) is 38.9 Å². The molecule has 1 aliphatic heterocycles. The molecular formula is C21H24ClN7O4S. The Morgan fingerprint density at radius 2 is 2.03 bits per heavy atom. The molecule has 4 N–H and O–H groups in total. The van der Waals surface area contributed by atoms with Crippen LogP contribution in [-0.4, -0.2) is 70.7 Å². The van der Waals surface area contributed by atoms with Gasteiger partial charge in [-0.25, -0.2) is 9.97 Å². The lowest BCUT2D eigenvalue weighted by molar-refractivity contribution is -0.136. The number of rotatable bonds is 7. The molecule has 0 aromatic carbocycles. The Balaban J connectivity index is 1.37. The van der Waals surface area contributed by atoms with E-state index in [1.54, 1.807) is 0 Å². The van der Waals surface area contributed by atoms with Gasteiger partial charge in [0.2, 0.25) is 5.91 Å². The number of nitrogens with zero attached hydrogens (tertiary/aromatic N) is 3. The number of amides is 4. The van der Waals surface area contributed by atoms with Crippen LogP contribution in [0.3, 0.4) is 0 Å². The smallest absolute Gasteiger partial charge is 0.314 e. The minimum atomic E-state index is -1.07. The van der Waals surface area contributed by atoms with E-state index in [4.69, 9.17) is 11.6 Å². The summed E-state index contributed by atoms with van der Waals surface area (Å²) in [5.74, 6) is -2.71. The van der Waals surface area contributed by atoms with Crippen LogP contribution in [-0.2, 0) is 27.3 Å². The third-order valence-electron chi connectivity index (χ3n) is 5.30. The van der Waals surface area contributed by atoms with Crippen molar-refractivity contribution in [1.82, 2.24) is 30.8 Å². The van der Waals surface area contributed by atoms with E-state index in [0.29, 0.717) is 5.02 Å². The van der Waals surface area contributed by atoms with Crippen molar-refractivity contribution in [1.29, 1.82) is 0 Å². The van der Waals surface area contributed by atoms with Crippen LogP contribution >= 0.6 is 22.9 Å². The molecule has 4 rings (SSSR count). The van der Waals surface area contributed by atoms with Crippen LogP contribution < -0.4 is 21.3 Å². The maximum Gasteiger partial charge on any atom is 0.314 e. The molecule has 1 saturated carbocycles. The predicted octanol–water partition coefficient (Wildman–Crippen LogP) is 0.311. The Kier molecular flexibility index (Phi) is 7.39. The Morgan fingerprint density at radius 1 is 1.24 bits per heavy atom. The fourth-order valence-corrected chi connectivity index (χ4v) is 4.48. The third kappa shape index (κ3) is 6.27. The number of anilines is 1. The van der Waals surface area contributed by atoms with Gasteiger partial charge < -0.3 is 26.2 Å². The highest BCUT2D eigenvalue weighted by molar-refractivity contribution is 7.13. The molecule has 1 atom stereocenters. The summed E-state index contributed by atoms with van der Waals surface area (Å²) < 4.78 is 0. The molecule has 2 aliphatic rings. The SMILES string of the molecule is CN1CCc2nc(C(=O)NC(CNC(=O)C(=O)Nc3ccc(Cl)cn3)C(=O)NC3CC3)sc2C1. The van der Waals surface area contributed by atoms with Gasteiger partial charge in [-0.2, -0.15) is 0 Å². The first kappa shape index (κ1) is 24.0. The highest BCUT2D eigenvalue weighted by Gasteiger charge is 2.30. The highest BCUT2D eigenvalue weighted by atomic mass is 35.5. The molecule has 11 nitrogen and oxygen atoms in total. The molecule has 34 heavy (non-hydrogen) atoms. The predicted molar refractivity (Wildman–Crippen MR) is 125 cm³/mol. The van der Waals surface area contributed by atoms with Crippen molar-refractivity contribution >= 4 is 52.4 Å². The van der Waals surface area contributed by atoms with E-state index in [-0.39, 0.29) is 23.4 Å². The third-order valence-corrected chi connectivity index (χ3v) is 6.61. The van der Waals surface area contributed by atoms with Crippen LogP contribution in [0.5, 0.6) is 0 Å². The lowest BCUT2D eigenvalue weighted by Gasteiger charge is -2.20. The molecule has 1 aliphatic carbocycles. The van der Waals surface area contributed by atoms with E-state index in [1.165, 1.54) is 29.7 Å². The average molecular weight is 506 g/mol. The van der Waals surface area contributed by atoms with Gasteiger partial charge in [-0.1, -0.05) is 11.6 Å². The normalized spacial score (nSPS) is 16.2. The minimum Gasteiger partial charge on any atom is -0.352 e. The van der Waals surface area contributed by atoms with Crippen LogP contribution in [0.2, 0.25) is 5.02 Å². The number of hydrogen-bond acceptors (Lipinski definition) is 8. The van der Waals surface area contributed by atoms with Gasteiger partial charge in [-0.15, -0.1) is 11.3 Å². The second-order valence-electron chi connectivity index (χ2n) is 8.21. The van der Waals surface area contributed by atoms with Gasteiger partial charge in [0, 0.05) is 43.2 Å². The zero-order valence-corrected chi connectivity index (χ0v) is 20.0. The van der Waals surface area contributed by atoms with E-state index >= 15 is 0 Å². The number of pyridine rings is 1. The lowest BCUT2D eigenvalue weighted by Crippen LogP contribution is -2.54. The molecule has 0 spiro atoms. The second-order valence-corrected chi connectivity index (χ2v) is 9.73. The number of hydrogen-bond donors (Lipinski definition) is 4. The van der Waals surface area contributed by atoms with Gasteiger partial charge in [-0.05, 0) is 32.0 Å². The van der Waals surface area contributed by atoms with E-state index in [1.807, 2.05) is 7.05 Å². The number of carbonyl (C=O) groups is 4. The van der Waals surface area contributed by atoms with E-state index in [9.17, 15) is 19.2 Å². The van der Waals surface area contributed by atoms with Crippen LogP contribution in [0.4, 0.5) is 5.82 Å². The van der Waals surface area contributed by atoms with Crippen molar-refractivity contribution in [2.45, 2.75) is 37.9 Å². The van der Waals surface area contributed by atoms with E-state index in [0.717, 1.165) is 42.9 Å². The Labute approximate surface area is 204 Å². The fourth-order valence-electron chi connectivity index (χ4n) is 3.28. The standard InChI is InChI=1S/C21H24ClN7O4S/c1-29-7-6-13-15(10-29)34-21(27-13)20(33)26-14(17(30)25-12-3-4-12)9-24-18(31)19(32)28-16-5-2-11(22)8-23-16/h2,5,8,12,14H,3-4,6-7,9-10H2,1H3,(H,24,31)(H,25,30)(H,26,33)(H,23,28,32). The number of thiazole rings is 1.